The Morgan fingerprint density at radius 3 is 3.06 bits per heavy atom. The van der Waals surface area contributed by atoms with Crippen molar-refractivity contribution in [1.29, 1.82) is 0 Å². The lowest BCUT2D eigenvalue weighted by atomic mass is 10.1. The second-order valence-electron chi connectivity index (χ2n) is 4.74. The Morgan fingerprint density at radius 2 is 2.35 bits per heavy atom. The van der Waals surface area contributed by atoms with Crippen LogP contribution in [0.5, 0.6) is 0 Å². The zero-order chi connectivity index (χ0) is 12.0. The van der Waals surface area contributed by atoms with E-state index >= 15 is 0 Å². The zero-order valence-corrected chi connectivity index (χ0v) is 11.2. The Hall–Kier alpha value is -0.940. The molecule has 1 fully saturated rings. The molecule has 0 aliphatic heterocycles. The molecule has 3 rings (SSSR count). The molecule has 0 aromatic carbocycles. The standard InChI is InChI=1S/C12H14N2OS2/c1-7-3-2-4-9(7)14-11(15)8-5-6-17-10(8)13-12(14)16/h5-7,9H,2-4H2,1H3,(H,13,16). The van der Waals surface area contributed by atoms with Crippen molar-refractivity contribution >= 4 is 33.8 Å². The molecule has 5 heteroatoms. The summed E-state index contributed by atoms with van der Waals surface area (Å²) < 4.78 is 2.37. The van der Waals surface area contributed by atoms with Crippen LogP contribution in [0, 0.1) is 10.7 Å². The molecule has 0 radical (unpaired) electrons. The van der Waals surface area contributed by atoms with Gasteiger partial charge in [0.15, 0.2) is 4.77 Å². The van der Waals surface area contributed by atoms with Gasteiger partial charge >= 0.3 is 0 Å². The van der Waals surface area contributed by atoms with E-state index in [-0.39, 0.29) is 11.6 Å². The molecule has 17 heavy (non-hydrogen) atoms. The van der Waals surface area contributed by atoms with Crippen LogP contribution in [-0.2, 0) is 0 Å². The molecule has 1 aliphatic rings. The fraction of sp³-hybridized carbons (Fsp3) is 0.500. The maximum absolute atomic E-state index is 12.4. The number of rotatable bonds is 1. The van der Waals surface area contributed by atoms with E-state index in [2.05, 4.69) is 11.9 Å². The highest BCUT2D eigenvalue weighted by Gasteiger charge is 2.27. The van der Waals surface area contributed by atoms with Crippen LogP contribution >= 0.6 is 23.6 Å². The van der Waals surface area contributed by atoms with Crippen LogP contribution in [0.3, 0.4) is 0 Å². The van der Waals surface area contributed by atoms with Gasteiger partial charge in [-0.3, -0.25) is 9.36 Å². The van der Waals surface area contributed by atoms with Gasteiger partial charge in [-0.05, 0) is 42.4 Å². The van der Waals surface area contributed by atoms with Crippen LogP contribution in [0.25, 0.3) is 10.2 Å². The molecule has 0 bridgehead atoms. The molecule has 1 aliphatic carbocycles. The third kappa shape index (κ3) is 1.68. The molecule has 2 unspecified atom stereocenters. The number of hydrogen-bond acceptors (Lipinski definition) is 3. The van der Waals surface area contributed by atoms with E-state index in [0.717, 1.165) is 16.6 Å². The molecule has 2 atom stereocenters. The van der Waals surface area contributed by atoms with E-state index in [0.29, 0.717) is 10.7 Å². The van der Waals surface area contributed by atoms with Gasteiger partial charge in [0, 0.05) is 6.04 Å². The summed E-state index contributed by atoms with van der Waals surface area (Å²) in [6, 6.07) is 2.15. The SMILES string of the molecule is CC1CCCC1n1c(=S)[nH]c2sccc2c1=O. The summed E-state index contributed by atoms with van der Waals surface area (Å²) in [5.74, 6) is 0.541. The smallest absolute Gasteiger partial charge is 0.263 e. The fourth-order valence-electron chi connectivity index (χ4n) is 2.76. The Bertz CT molecular complexity index is 667. The van der Waals surface area contributed by atoms with Gasteiger partial charge in [0.2, 0.25) is 0 Å². The summed E-state index contributed by atoms with van der Waals surface area (Å²) in [4.78, 5) is 16.5. The average Bonchev–Trinajstić information content (AvgIpc) is 2.88. The third-order valence-corrected chi connectivity index (χ3v) is 4.83. The van der Waals surface area contributed by atoms with Gasteiger partial charge in [0.1, 0.15) is 4.83 Å². The van der Waals surface area contributed by atoms with Crippen molar-refractivity contribution in [2.45, 2.75) is 32.2 Å². The lowest BCUT2D eigenvalue weighted by Gasteiger charge is -2.18. The van der Waals surface area contributed by atoms with Crippen molar-refractivity contribution in [3.63, 3.8) is 0 Å². The van der Waals surface area contributed by atoms with Crippen LogP contribution in [0.15, 0.2) is 16.2 Å². The molecule has 2 aromatic heterocycles. The minimum absolute atomic E-state index is 0.0729. The number of aromatic nitrogens is 2. The summed E-state index contributed by atoms with van der Waals surface area (Å²) in [7, 11) is 0. The maximum Gasteiger partial charge on any atom is 0.263 e. The third-order valence-electron chi connectivity index (χ3n) is 3.70. The largest absolute Gasteiger partial charge is 0.323 e. The van der Waals surface area contributed by atoms with Crippen molar-refractivity contribution in [3.05, 3.63) is 26.6 Å². The molecule has 0 saturated heterocycles. The molecule has 0 amide bonds. The predicted octanol–water partition coefficient (Wildman–Crippen LogP) is 3.48. The van der Waals surface area contributed by atoms with Gasteiger partial charge < -0.3 is 4.98 Å². The van der Waals surface area contributed by atoms with Gasteiger partial charge in [-0.1, -0.05) is 13.3 Å². The number of nitrogens with zero attached hydrogens (tertiary/aromatic N) is 1. The van der Waals surface area contributed by atoms with E-state index in [1.54, 1.807) is 4.57 Å². The van der Waals surface area contributed by atoms with E-state index < -0.39 is 0 Å². The van der Waals surface area contributed by atoms with E-state index in [9.17, 15) is 4.79 Å². The first-order valence-corrected chi connectivity index (χ1v) is 7.19. The first-order chi connectivity index (χ1) is 8.18. The lowest BCUT2D eigenvalue weighted by molar-refractivity contribution is 0.392. The lowest BCUT2D eigenvalue weighted by Crippen LogP contribution is -2.27. The molecule has 0 spiro atoms. The van der Waals surface area contributed by atoms with Crippen LogP contribution in [0.4, 0.5) is 0 Å². The van der Waals surface area contributed by atoms with Gasteiger partial charge in [0.05, 0.1) is 5.39 Å². The first kappa shape index (κ1) is 11.2. The highest BCUT2D eigenvalue weighted by molar-refractivity contribution is 7.71. The fourth-order valence-corrected chi connectivity index (χ4v) is 3.93. The van der Waals surface area contributed by atoms with Crippen molar-refractivity contribution < 1.29 is 0 Å². The van der Waals surface area contributed by atoms with E-state index in [1.165, 1.54) is 24.2 Å². The molecular formula is C12H14N2OS2. The van der Waals surface area contributed by atoms with Crippen LogP contribution in [-0.4, -0.2) is 9.55 Å². The Kier molecular flexibility index (Phi) is 2.67. The van der Waals surface area contributed by atoms with Crippen molar-refractivity contribution in [2.24, 2.45) is 5.92 Å². The minimum atomic E-state index is 0.0729. The maximum atomic E-state index is 12.4. The number of hydrogen-bond donors (Lipinski definition) is 1. The Labute approximate surface area is 108 Å². The zero-order valence-electron chi connectivity index (χ0n) is 9.60. The van der Waals surface area contributed by atoms with E-state index in [4.69, 9.17) is 12.2 Å². The van der Waals surface area contributed by atoms with Crippen LogP contribution in [0.1, 0.15) is 32.2 Å². The van der Waals surface area contributed by atoms with Crippen LogP contribution < -0.4 is 5.56 Å². The second-order valence-corrected chi connectivity index (χ2v) is 6.05. The second kappa shape index (κ2) is 4.07. The van der Waals surface area contributed by atoms with Gasteiger partial charge in [0.25, 0.3) is 5.56 Å². The van der Waals surface area contributed by atoms with Crippen molar-refractivity contribution in [2.75, 3.05) is 0 Å². The molecule has 2 heterocycles. The molecular weight excluding hydrogens is 252 g/mol. The Morgan fingerprint density at radius 1 is 1.53 bits per heavy atom. The van der Waals surface area contributed by atoms with Gasteiger partial charge in [-0.2, -0.15) is 0 Å². The quantitative estimate of drug-likeness (QED) is 0.802. The van der Waals surface area contributed by atoms with Gasteiger partial charge in [-0.25, -0.2) is 0 Å². The minimum Gasteiger partial charge on any atom is -0.323 e. The number of nitrogens with one attached hydrogen (secondary N) is 1. The summed E-state index contributed by atoms with van der Waals surface area (Å²) in [5, 5.41) is 2.70. The molecule has 1 saturated carbocycles. The average molecular weight is 266 g/mol. The number of aromatic amines is 1. The van der Waals surface area contributed by atoms with Crippen molar-refractivity contribution in [1.82, 2.24) is 9.55 Å². The predicted molar refractivity (Wildman–Crippen MR) is 73.3 cm³/mol. The molecule has 2 aromatic rings. The first-order valence-electron chi connectivity index (χ1n) is 5.90. The summed E-state index contributed by atoms with van der Waals surface area (Å²) in [5.41, 5.74) is 0.0729. The number of H-pyrrole nitrogens is 1. The van der Waals surface area contributed by atoms with E-state index in [1.807, 2.05) is 11.4 Å². The Balaban J connectivity index is 2.28. The molecule has 3 nitrogen and oxygen atoms in total. The van der Waals surface area contributed by atoms with Crippen molar-refractivity contribution in [3.8, 4) is 0 Å². The summed E-state index contributed by atoms with van der Waals surface area (Å²) >= 11 is 6.87. The van der Waals surface area contributed by atoms with Gasteiger partial charge in [-0.15, -0.1) is 11.3 Å². The number of fused-ring (bicyclic) bond motifs is 1. The molecule has 1 N–H and O–H groups in total. The molecule has 90 valence electrons. The highest BCUT2D eigenvalue weighted by atomic mass is 32.1. The highest BCUT2D eigenvalue weighted by Crippen LogP contribution is 2.34. The normalized spacial score (nSPS) is 24.5. The summed E-state index contributed by atoms with van der Waals surface area (Å²) in [6.07, 6.45) is 3.44. The monoisotopic (exact) mass is 266 g/mol. The topological polar surface area (TPSA) is 37.8 Å². The number of thiophene rings is 1. The summed E-state index contributed by atoms with van der Waals surface area (Å²) in [6.45, 7) is 2.21. The van der Waals surface area contributed by atoms with Crippen LogP contribution in [0.2, 0.25) is 0 Å².